The van der Waals surface area contributed by atoms with Gasteiger partial charge in [-0.15, -0.1) is 24.8 Å². The molecule has 0 aromatic rings. The average molecular weight is 298 g/mol. The van der Waals surface area contributed by atoms with E-state index in [1.165, 1.54) is 12.8 Å². The molecule has 0 radical (unpaired) electrons. The maximum Gasteiger partial charge on any atom is 0.239 e. The van der Waals surface area contributed by atoms with Gasteiger partial charge in [0.1, 0.15) is 0 Å². The number of carbonyl (C=O) groups is 1. The molecular weight excluding hydrogens is 273 g/mol. The molecule has 1 atom stereocenters. The van der Waals surface area contributed by atoms with E-state index < -0.39 is 0 Å². The van der Waals surface area contributed by atoms with E-state index in [-0.39, 0.29) is 30.9 Å². The van der Waals surface area contributed by atoms with Crippen molar-refractivity contribution >= 4 is 30.7 Å². The zero-order valence-electron chi connectivity index (χ0n) is 11.1. The molecule has 0 saturated carbocycles. The van der Waals surface area contributed by atoms with Crippen LogP contribution in [0.2, 0.25) is 0 Å². The van der Waals surface area contributed by atoms with E-state index in [1.54, 1.807) is 0 Å². The van der Waals surface area contributed by atoms with Crippen LogP contribution in [0.15, 0.2) is 0 Å². The number of amides is 1. The number of rotatable bonds is 2. The molecule has 0 aromatic heterocycles. The molecule has 2 aliphatic rings. The van der Waals surface area contributed by atoms with Gasteiger partial charge in [0.25, 0.3) is 0 Å². The summed E-state index contributed by atoms with van der Waals surface area (Å²) in [4.78, 5) is 16.6. The summed E-state index contributed by atoms with van der Waals surface area (Å²) < 4.78 is 0. The number of nitrogens with zero attached hydrogens (tertiary/aromatic N) is 2. The first kappa shape index (κ1) is 18.0. The number of nitrogens with one attached hydrogen (secondary N) is 1. The summed E-state index contributed by atoms with van der Waals surface area (Å²) in [5.74, 6) is 0.329. The van der Waals surface area contributed by atoms with E-state index in [2.05, 4.69) is 17.1 Å². The predicted octanol–water partition coefficient (Wildman–Crippen LogP) is 1.14. The van der Waals surface area contributed by atoms with Crippen LogP contribution >= 0.6 is 24.8 Å². The van der Waals surface area contributed by atoms with Crippen molar-refractivity contribution in [3.8, 4) is 0 Å². The molecule has 6 heteroatoms. The molecule has 0 unspecified atom stereocenters. The molecule has 4 nitrogen and oxygen atoms in total. The molecule has 1 amide bonds. The molecule has 108 valence electrons. The Labute approximate surface area is 122 Å². The van der Waals surface area contributed by atoms with Gasteiger partial charge in [0.05, 0.1) is 6.04 Å². The second kappa shape index (κ2) is 8.97. The molecule has 18 heavy (non-hydrogen) atoms. The quantitative estimate of drug-likeness (QED) is 0.830. The van der Waals surface area contributed by atoms with Crippen molar-refractivity contribution in [3.63, 3.8) is 0 Å². The Balaban J connectivity index is 0.00000144. The number of piperidine rings is 1. The van der Waals surface area contributed by atoms with Gasteiger partial charge in [-0.25, -0.2) is 0 Å². The van der Waals surface area contributed by atoms with Crippen molar-refractivity contribution in [2.24, 2.45) is 0 Å². The van der Waals surface area contributed by atoms with Crippen molar-refractivity contribution in [1.82, 2.24) is 15.1 Å². The van der Waals surface area contributed by atoms with Gasteiger partial charge in [0.15, 0.2) is 0 Å². The second-order valence-electron chi connectivity index (χ2n) is 4.76. The third-order valence-electron chi connectivity index (χ3n) is 3.74. The third-order valence-corrected chi connectivity index (χ3v) is 3.74. The van der Waals surface area contributed by atoms with Gasteiger partial charge in [-0.2, -0.15) is 0 Å². The van der Waals surface area contributed by atoms with Crippen LogP contribution in [0.4, 0.5) is 0 Å². The predicted molar refractivity (Wildman–Crippen MR) is 78.8 cm³/mol. The van der Waals surface area contributed by atoms with Crippen molar-refractivity contribution in [1.29, 1.82) is 0 Å². The third kappa shape index (κ3) is 4.57. The van der Waals surface area contributed by atoms with E-state index in [0.29, 0.717) is 5.91 Å². The van der Waals surface area contributed by atoms with Crippen LogP contribution in [-0.4, -0.2) is 61.0 Å². The van der Waals surface area contributed by atoms with E-state index >= 15 is 0 Å². The smallest absolute Gasteiger partial charge is 0.239 e. The largest absolute Gasteiger partial charge is 0.339 e. The van der Waals surface area contributed by atoms with Crippen LogP contribution < -0.4 is 5.32 Å². The Hall–Kier alpha value is -0.0300. The highest BCUT2D eigenvalue weighted by molar-refractivity contribution is 5.85. The zero-order valence-corrected chi connectivity index (χ0v) is 12.7. The lowest BCUT2D eigenvalue weighted by atomic mass is 10.0. The molecular formula is C12H25Cl2N3O. The minimum atomic E-state index is 0. The number of halogens is 2. The highest BCUT2D eigenvalue weighted by Gasteiger charge is 2.27. The number of piperazine rings is 1. The van der Waals surface area contributed by atoms with Crippen LogP contribution in [-0.2, 0) is 4.79 Å². The van der Waals surface area contributed by atoms with E-state index in [1.807, 2.05) is 4.90 Å². The van der Waals surface area contributed by atoms with Crippen LogP contribution in [0, 0.1) is 0 Å². The fraction of sp³-hybridized carbons (Fsp3) is 0.917. The lowest BCUT2D eigenvalue weighted by Crippen LogP contribution is -2.54. The fourth-order valence-corrected chi connectivity index (χ4v) is 2.57. The van der Waals surface area contributed by atoms with Gasteiger partial charge < -0.3 is 15.1 Å². The van der Waals surface area contributed by atoms with Gasteiger partial charge in [-0.05, 0) is 25.9 Å². The summed E-state index contributed by atoms with van der Waals surface area (Å²) in [5, 5.41) is 3.34. The molecule has 2 fully saturated rings. The maximum absolute atomic E-state index is 12.2. The van der Waals surface area contributed by atoms with Gasteiger partial charge in [0.2, 0.25) is 5.91 Å². The van der Waals surface area contributed by atoms with E-state index in [0.717, 1.165) is 45.7 Å². The van der Waals surface area contributed by atoms with Gasteiger partial charge in [0, 0.05) is 26.2 Å². The standard InChI is InChI=1S/C12H23N3O.2ClH/c1-2-14-7-9-15(10-8-14)12(16)11-5-3-4-6-13-11;;/h11,13H,2-10H2,1H3;2*1H/t11-;;/m0../s1. The summed E-state index contributed by atoms with van der Waals surface area (Å²) in [6.07, 6.45) is 3.43. The van der Waals surface area contributed by atoms with Crippen molar-refractivity contribution in [2.75, 3.05) is 39.3 Å². The summed E-state index contributed by atoms with van der Waals surface area (Å²) in [6.45, 7) is 8.18. The Morgan fingerprint density at radius 2 is 1.83 bits per heavy atom. The van der Waals surface area contributed by atoms with Crippen molar-refractivity contribution < 1.29 is 4.79 Å². The Kier molecular flexibility index (Phi) is 8.95. The number of hydrogen-bond acceptors (Lipinski definition) is 3. The lowest BCUT2D eigenvalue weighted by Gasteiger charge is -2.36. The molecule has 2 heterocycles. The average Bonchev–Trinajstić information content (AvgIpc) is 2.39. The SMILES string of the molecule is CCN1CCN(C(=O)[C@@H]2CCCCN2)CC1.Cl.Cl. The number of carbonyl (C=O) groups excluding carboxylic acids is 1. The van der Waals surface area contributed by atoms with Gasteiger partial charge in [-0.1, -0.05) is 13.3 Å². The van der Waals surface area contributed by atoms with E-state index in [4.69, 9.17) is 0 Å². The number of likely N-dealkylation sites (N-methyl/N-ethyl adjacent to an activating group) is 1. The first-order valence-corrected chi connectivity index (χ1v) is 6.56. The summed E-state index contributed by atoms with van der Waals surface area (Å²) >= 11 is 0. The summed E-state index contributed by atoms with van der Waals surface area (Å²) in [6, 6.07) is 0.0990. The molecule has 0 spiro atoms. The van der Waals surface area contributed by atoms with Crippen LogP contribution in [0.3, 0.4) is 0 Å². The maximum atomic E-state index is 12.2. The van der Waals surface area contributed by atoms with E-state index in [9.17, 15) is 4.79 Å². The van der Waals surface area contributed by atoms with Crippen molar-refractivity contribution in [3.05, 3.63) is 0 Å². The fourth-order valence-electron chi connectivity index (χ4n) is 2.57. The summed E-state index contributed by atoms with van der Waals surface area (Å²) in [7, 11) is 0. The highest BCUT2D eigenvalue weighted by atomic mass is 35.5. The molecule has 0 bridgehead atoms. The molecule has 2 saturated heterocycles. The monoisotopic (exact) mass is 297 g/mol. The minimum Gasteiger partial charge on any atom is -0.339 e. The first-order valence-electron chi connectivity index (χ1n) is 6.56. The molecule has 2 aliphatic heterocycles. The Morgan fingerprint density at radius 1 is 1.17 bits per heavy atom. The van der Waals surface area contributed by atoms with Gasteiger partial charge in [-0.3, -0.25) is 4.79 Å². The minimum absolute atomic E-state index is 0. The van der Waals surface area contributed by atoms with Gasteiger partial charge >= 0.3 is 0 Å². The van der Waals surface area contributed by atoms with Crippen LogP contribution in [0.1, 0.15) is 26.2 Å². The Bertz CT molecular complexity index is 239. The normalized spacial score (nSPS) is 24.9. The molecule has 2 rings (SSSR count). The lowest BCUT2D eigenvalue weighted by molar-refractivity contribution is -0.135. The second-order valence-corrected chi connectivity index (χ2v) is 4.76. The van der Waals surface area contributed by atoms with Crippen molar-refractivity contribution in [2.45, 2.75) is 32.2 Å². The van der Waals surface area contributed by atoms with Crippen LogP contribution in [0.5, 0.6) is 0 Å². The first-order chi connectivity index (χ1) is 7.81. The summed E-state index contributed by atoms with van der Waals surface area (Å²) in [5.41, 5.74) is 0. The number of hydrogen-bond donors (Lipinski definition) is 1. The Morgan fingerprint density at radius 3 is 2.33 bits per heavy atom. The molecule has 0 aromatic carbocycles. The molecule has 1 N–H and O–H groups in total. The highest BCUT2D eigenvalue weighted by Crippen LogP contribution is 2.11. The van der Waals surface area contributed by atoms with Crippen LogP contribution in [0.25, 0.3) is 0 Å². The molecule has 0 aliphatic carbocycles. The topological polar surface area (TPSA) is 35.6 Å². The zero-order chi connectivity index (χ0) is 11.4.